The van der Waals surface area contributed by atoms with Crippen LogP contribution < -0.4 is 5.73 Å². The fourth-order valence-electron chi connectivity index (χ4n) is 5.57. The number of carbonyl (C=O) groups excluding carboxylic acids is 2. The molecule has 5 nitrogen and oxygen atoms in total. The van der Waals surface area contributed by atoms with Crippen LogP contribution in [0.25, 0.3) is 0 Å². The van der Waals surface area contributed by atoms with Gasteiger partial charge in [0.25, 0.3) is 5.91 Å². The first-order valence-electron chi connectivity index (χ1n) is 12.4. The molecule has 0 spiro atoms. The van der Waals surface area contributed by atoms with E-state index in [-0.39, 0.29) is 30.1 Å². The van der Waals surface area contributed by atoms with E-state index in [0.717, 1.165) is 29.5 Å². The Hall–Kier alpha value is -3.73. The Morgan fingerprint density at radius 1 is 0.971 bits per heavy atom. The Morgan fingerprint density at radius 3 is 2.17 bits per heavy atom. The van der Waals surface area contributed by atoms with E-state index >= 15 is 0 Å². The molecular weight excluding hydrogens is 434 g/mol. The van der Waals surface area contributed by atoms with Crippen molar-refractivity contribution in [1.82, 2.24) is 4.90 Å². The molecule has 1 atom stereocenters. The fourth-order valence-corrected chi connectivity index (χ4v) is 5.57. The van der Waals surface area contributed by atoms with Gasteiger partial charge in [-0.1, -0.05) is 98.6 Å². The average molecular weight is 466 g/mol. The molecule has 1 aliphatic heterocycles. The third kappa shape index (κ3) is 4.16. The van der Waals surface area contributed by atoms with E-state index in [4.69, 9.17) is 10.7 Å². The lowest BCUT2D eigenvalue weighted by atomic mass is 9.83. The van der Waals surface area contributed by atoms with Crippen LogP contribution in [0.3, 0.4) is 0 Å². The lowest BCUT2D eigenvalue weighted by Gasteiger charge is -2.27. The number of amides is 1. The normalized spacial score (nSPS) is 18.5. The topological polar surface area (TPSA) is 75.8 Å². The highest BCUT2D eigenvalue weighted by atomic mass is 16.2. The summed E-state index contributed by atoms with van der Waals surface area (Å²) in [5.74, 6) is 0.640. The summed E-state index contributed by atoms with van der Waals surface area (Å²) in [6, 6.07) is 26.7. The summed E-state index contributed by atoms with van der Waals surface area (Å²) in [5, 5.41) is 0. The summed E-state index contributed by atoms with van der Waals surface area (Å²) in [4.78, 5) is 33.5. The van der Waals surface area contributed by atoms with E-state index in [9.17, 15) is 9.59 Å². The average Bonchev–Trinajstić information content (AvgIpc) is 3.53. The minimum atomic E-state index is -1.23. The molecule has 3 aromatic carbocycles. The third-order valence-electron chi connectivity index (χ3n) is 7.57. The molecule has 1 fully saturated rings. The van der Waals surface area contributed by atoms with Gasteiger partial charge in [-0.25, -0.2) is 4.99 Å². The van der Waals surface area contributed by atoms with Crippen molar-refractivity contribution >= 4 is 17.6 Å². The molecule has 2 aliphatic rings. The van der Waals surface area contributed by atoms with Crippen LogP contribution in [0.5, 0.6) is 0 Å². The Bertz CT molecular complexity index is 1210. The molecule has 2 N–H and O–H groups in total. The molecule has 1 heterocycles. The highest BCUT2D eigenvalue weighted by Crippen LogP contribution is 2.40. The van der Waals surface area contributed by atoms with Gasteiger partial charge in [-0.15, -0.1) is 0 Å². The zero-order valence-corrected chi connectivity index (χ0v) is 20.1. The van der Waals surface area contributed by atoms with E-state index in [2.05, 4.69) is 0 Å². The van der Waals surface area contributed by atoms with Crippen molar-refractivity contribution in [3.63, 3.8) is 0 Å². The second kappa shape index (κ2) is 9.49. The number of carbonyl (C=O) groups is 2. The quantitative estimate of drug-likeness (QED) is 0.481. The number of Topliss-reactive ketones (excluding diaryl/α,β-unsaturated/α-hetero) is 1. The highest BCUT2D eigenvalue weighted by Gasteiger charge is 2.50. The number of hydrogen-bond acceptors (Lipinski definition) is 4. The smallest absolute Gasteiger partial charge is 0.266 e. The zero-order chi connectivity index (χ0) is 24.4. The predicted molar refractivity (Wildman–Crippen MR) is 138 cm³/mol. The van der Waals surface area contributed by atoms with Crippen molar-refractivity contribution in [1.29, 1.82) is 0 Å². The van der Waals surface area contributed by atoms with Crippen LogP contribution in [0.15, 0.2) is 89.9 Å². The van der Waals surface area contributed by atoms with E-state index in [1.807, 2.05) is 91.9 Å². The van der Waals surface area contributed by atoms with E-state index in [1.54, 1.807) is 0 Å². The van der Waals surface area contributed by atoms with Crippen LogP contribution in [0, 0.1) is 11.8 Å². The molecule has 0 radical (unpaired) electrons. The van der Waals surface area contributed by atoms with Crippen molar-refractivity contribution in [3.05, 3.63) is 107 Å². The van der Waals surface area contributed by atoms with Crippen molar-refractivity contribution in [2.24, 2.45) is 22.6 Å². The molecule has 178 valence electrons. The van der Waals surface area contributed by atoms with E-state index < -0.39 is 5.54 Å². The molecule has 0 unspecified atom stereocenters. The number of nitrogens with two attached hydrogens (primary N) is 1. The number of nitrogens with zero attached hydrogens (tertiary/aromatic N) is 2. The molecule has 0 aromatic heterocycles. The predicted octanol–water partition coefficient (Wildman–Crippen LogP) is 5.30. The molecule has 1 amide bonds. The summed E-state index contributed by atoms with van der Waals surface area (Å²) < 4.78 is 0. The summed E-state index contributed by atoms with van der Waals surface area (Å²) in [6.07, 6.45) is 4.68. The second-order valence-electron chi connectivity index (χ2n) is 9.70. The maximum atomic E-state index is 14.0. The van der Waals surface area contributed by atoms with E-state index in [1.165, 1.54) is 17.7 Å². The molecule has 5 rings (SSSR count). The van der Waals surface area contributed by atoms with Crippen LogP contribution in [0.2, 0.25) is 0 Å². The minimum absolute atomic E-state index is 0.0108. The van der Waals surface area contributed by atoms with Gasteiger partial charge >= 0.3 is 0 Å². The highest BCUT2D eigenvalue weighted by molar-refractivity contribution is 6.09. The number of guanidine groups is 1. The lowest BCUT2D eigenvalue weighted by molar-refractivity contribution is -0.130. The fraction of sp³-hybridized carbons (Fsp3) is 0.300. The Balaban J connectivity index is 1.44. The zero-order valence-electron chi connectivity index (χ0n) is 20.1. The largest absolute Gasteiger partial charge is 0.369 e. The third-order valence-corrected chi connectivity index (χ3v) is 7.57. The van der Waals surface area contributed by atoms with Gasteiger partial charge in [0.15, 0.2) is 17.3 Å². The first kappa shape index (κ1) is 23.0. The molecule has 0 saturated heterocycles. The van der Waals surface area contributed by atoms with Crippen LogP contribution in [-0.4, -0.2) is 22.5 Å². The minimum Gasteiger partial charge on any atom is -0.369 e. The van der Waals surface area contributed by atoms with Gasteiger partial charge in [-0.05, 0) is 41.5 Å². The Morgan fingerprint density at radius 2 is 1.57 bits per heavy atom. The Labute approximate surface area is 206 Å². The van der Waals surface area contributed by atoms with Crippen molar-refractivity contribution in [2.45, 2.75) is 44.7 Å². The van der Waals surface area contributed by atoms with Crippen molar-refractivity contribution in [2.75, 3.05) is 0 Å². The van der Waals surface area contributed by atoms with Crippen LogP contribution in [-0.2, 0) is 16.9 Å². The van der Waals surface area contributed by atoms with Gasteiger partial charge in [0, 0.05) is 11.5 Å². The van der Waals surface area contributed by atoms with Gasteiger partial charge in [0.05, 0.1) is 6.54 Å². The number of aliphatic imine (C=N–C) groups is 1. The van der Waals surface area contributed by atoms with Gasteiger partial charge in [0.2, 0.25) is 0 Å². The maximum Gasteiger partial charge on any atom is 0.266 e. The van der Waals surface area contributed by atoms with Crippen LogP contribution >= 0.6 is 0 Å². The van der Waals surface area contributed by atoms with Gasteiger partial charge < -0.3 is 5.73 Å². The number of hydrogen-bond donors (Lipinski definition) is 1. The van der Waals surface area contributed by atoms with Gasteiger partial charge in [-0.3, -0.25) is 14.5 Å². The maximum absolute atomic E-state index is 14.0. The summed E-state index contributed by atoms with van der Waals surface area (Å²) in [5.41, 5.74) is 8.26. The first-order valence-corrected chi connectivity index (χ1v) is 12.4. The van der Waals surface area contributed by atoms with Gasteiger partial charge in [-0.2, -0.15) is 0 Å². The monoisotopic (exact) mass is 465 g/mol. The van der Waals surface area contributed by atoms with Crippen LogP contribution in [0.4, 0.5) is 0 Å². The van der Waals surface area contributed by atoms with Crippen LogP contribution in [0.1, 0.15) is 59.7 Å². The molecule has 5 heteroatoms. The van der Waals surface area contributed by atoms with Gasteiger partial charge in [0.1, 0.15) is 0 Å². The van der Waals surface area contributed by atoms with E-state index in [0.29, 0.717) is 11.5 Å². The summed E-state index contributed by atoms with van der Waals surface area (Å²) >= 11 is 0. The SMILES string of the molecule is C[C@H](C(=O)c1cccc(CN2C(=O)C(c3ccccc3)(c3ccccc3)N=C2N)c1)C1CCCC1. The van der Waals surface area contributed by atoms with Crippen molar-refractivity contribution < 1.29 is 9.59 Å². The molecular formula is C30H31N3O2. The first-order chi connectivity index (χ1) is 17.0. The molecule has 1 saturated carbocycles. The molecule has 1 aliphatic carbocycles. The number of benzene rings is 3. The Kier molecular flexibility index (Phi) is 6.25. The standard InChI is InChI=1S/C30H31N3O2/c1-21(23-12-8-9-13-23)27(34)24-14-10-11-22(19-24)20-33-28(35)30(32-29(33)31,25-15-4-2-5-16-25)26-17-6-3-7-18-26/h2-7,10-11,14-19,21,23H,8-9,12-13,20H2,1H3,(H2,31,32)/t21-/m0/s1. The summed E-state index contributed by atoms with van der Waals surface area (Å²) in [6.45, 7) is 2.31. The number of ketones is 1. The summed E-state index contributed by atoms with van der Waals surface area (Å²) in [7, 11) is 0. The molecule has 35 heavy (non-hydrogen) atoms. The number of rotatable bonds is 7. The molecule has 3 aromatic rings. The second-order valence-corrected chi connectivity index (χ2v) is 9.70. The molecule has 0 bridgehead atoms. The van der Waals surface area contributed by atoms with Crippen molar-refractivity contribution in [3.8, 4) is 0 Å². The lowest BCUT2D eigenvalue weighted by Crippen LogP contribution is -2.43.